The van der Waals surface area contributed by atoms with E-state index in [1.54, 1.807) is 0 Å². The normalized spacial score (nSPS) is 15.8. The minimum Gasteiger partial charge on any atom is -0.452 e. The van der Waals surface area contributed by atoms with Gasteiger partial charge in [0.25, 0.3) is 0 Å². The molecular formula is C12H4Cl2F12O. The van der Waals surface area contributed by atoms with Crippen LogP contribution in [0.2, 0.25) is 0 Å². The van der Waals surface area contributed by atoms with Gasteiger partial charge in [0.1, 0.15) is 0 Å². The minimum absolute atomic E-state index is 2.10. The summed E-state index contributed by atoms with van der Waals surface area (Å²) in [5.74, 6) is -29.3. The molecule has 0 amide bonds. The van der Waals surface area contributed by atoms with E-state index in [0.29, 0.717) is 0 Å². The largest absolute Gasteiger partial charge is 0.452 e. The van der Waals surface area contributed by atoms with E-state index in [0.717, 1.165) is 0 Å². The van der Waals surface area contributed by atoms with Crippen molar-refractivity contribution in [3.63, 3.8) is 0 Å². The molecule has 0 aromatic heterocycles. The maximum Gasteiger partial charge on any atom is 0.391 e. The van der Waals surface area contributed by atoms with Gasteiger partial charge in [-0.25, -0.2) is 8.78 Å². The molecule has 27 heavy (non-hydrogen) atoms. The number of ether oxygens (including phenoxy) is 1. The van der Waals surface area contributed by atoms with Gasteiger partial charge in [-0.05, 0) is 23.2 Å². The van der Waals surface area contributed by atoms with Crippen molar-refractivity contribution in [2.24, 2.45) is 0 Å². The average Bonchev–Trinajstić information content (AvgIpc) is 2.49. The van der Waals surface area contributed by atoms with Crippen LogP contribution in [0.5, 0.6) is 0 Å². The molecule has 0 radical (unpaired) electrons. The monoisotopic (exact) mass is 462 g/mol. The molecule has 0 aromatic carbocycles. The van der Waals surface area contributed by atoms with Crippen molar-refractivity contribution in [1.82, 2.24) is 0 Å². The predicted octanol–water partition coefficient (Wildman–Crippen LogP) is 7.27. The van der Waals surface area contributed by atoms with Gasteiger partial charge in [-0.15, -0.1) is 0 Å². The number of rotatable bonds is 8. The lowest BCUT2D eigenvalue weighted by Crippen LogP contribution is -2.37. The molecule has 0 aliphatic carbocycles. The number of alkyl halides is 10. The Labute approximate surface area is 152 Å². The van der Waals surface area contributed by atoms with Crippen molar-refractivity contribution in [3.8, 4) is 0 Å². The number of hydrogen-bond acceptors (Lipinski definition) is 1. The highest BCUT2D eigenvalue weighted by Gasteiger charge is 2.61. The Bertz CT molecular complexity index is 625. The Kier molecular flexibility index (Phi) is 7.42. The molecule has 0 saturated heterocycles. The standard InChI is InChI=1S/C12H4Cl2F12O/c1-3(5(15)7(17)9(19,20)11(13,23)24)27-4(2)6(16)8(18)10(21,22)12(14,25)26/h1-2H2. The third-order valence-corrected chi connectivity index (χ3v) is 2.86. The topological polar surface area (TPSA) is 9.23 Å². The second-order valence-electron chi connectivity index (χ2n) is 4.35. The summed E-state index contributed by atoms with van der Waals surface area (Å²) in [5, 5.41) is -11.3. The molecule has 0 N–H and O–H groups in total. The fourth-order valence-corrected chi connectivity index (χ4v) is 1.17. The second-order valence-corrected chi connectivity index (χ2v) is 5.30. The SMILES string of the molecule is C=C(OC(=C)C(F)=C(F)C(F)(F)C(F)(F)Cl)C(F)=C(F)C(F)(F)C(F)(F)Cl. The third-order valence-electron chi connectivity index (χ3n) is 2.38. The van der Waals surface area contributed by atoms with Crippen LogP contribution in [-0.4, -0.2) is 22.6 Å². The Morgan fingerprint density at radius 1 is 0.593 bits per heavy atom. The smallest absolute Gasteiger partial charge is 0.391 e. The summed E-state index contributed by atoms with van der Waals surface area (Å²) in [5.41, 5.74) is 0. The van der Waals surface area contributed by atoms with Gasteiger partial charge in [0.2, 0.25) is 23.3 Å². The van der Waals surface area contributed by atoms with Crippen molar-refractivity contribution in [2.45, 2.75) is 22.6 Å². The highest BCUT2D eigenvalue weighted by Crippen LogP contribution is 2.47. The van der Waals surface area contributed by atoms with Gasteiger partial charge in [0.05, 0.1) is 0 Å². The first-order valence-electron chi connectivity index (χ1n) is 5.76. The van der Waals surface area contributed by atoms with Gasteiger partial charge in [-0.2, -0.15) is 43.9 Å². The molecule has 0 heterocycles. The summed E-state index contributed by atoms with van der Waals surface area (Å²) in [6.07, 6.45) is 0. The maximum absolute atomic E-state index is 13.3. The Hall–Kier alpha value is -1.50. The van der Waals surface area contributed by atoms with Crippen molar-refractivity contribution >= 4 is 23.2 Å². The molecular weight excluding hydrogens is 459 g/mol. The van der Waals surface area contributed by atoms with Crippen molar-refractivity contribution < 1.29 is 57.4 Å². The first-order chi connectivity index (χ1) is 11.7. The molecule has 15 heteroatoms. The van der Waals surface area contributed by atoms with Gasteiger partial charge in [0.15, 0.2) is 11.5 Å². The van der Waals surface area contributed by atoms with Gasteiger partial charge < -0.3 is 4.74 Å². The van der Waals surface area contributed by atoms with E-state index in [1.807, 2.05) is 0 Å². The van der Waals surface area contributed by atoms with Gasteiger partial charge in [0, 0.05) is 0 Å². The maximum atomic E-state index is 13.3. The highest BCUT2D eigenvalue weighted by atomic mass is 35.5. The first-order valence-corrected chi connectivity index (χ1v) is 6.52. The molecule has 0 fully saturated rings. The molecule has 0 saturated carbocycles. The number of hydrogen-bond donors (Lipinski definition) is 0. The van der Waals surface area contributed by atoms with Gasteiger partial charge >= 0.3 is 22.6 Å². The minimum atomic E-state index is -5.97. The molecule has 156 valence electrons. The summed E-state index contributed by atoms with van der Waals surface area (Å²) < 4.78 is 157. The van der Waals surface area contributed by atoms with E-state index in [2.05, 4.69) is 41.1 Å². The summed E-state index contributed by atoms with van der Waals surface area (Å²) in [6.45, 7) is 4.63. The van der Waals surface area contributed by atoms with Crippen LogP contribution in [0.3, 0.4) is 0 Å². The molecule has 0 aromatic rings. The molecule has 0 rings (SSSR count). The van der Waals surface area contributed by atoms with Crippen LogP contribution in [0, 0.1) is 0 Å². The van der Waals surface area contributed by atoms with Crippen LogP contribution in [0.4, 0.5) is 52.7 Å². The third kappa shape index (κ3) is 5.27. The van der Waals surface area contributed by atoms with Crippen LogP contribution in [0.1, 0.15) is 0 Å². The Morgan fingerprint density at radius 2 is 0.815 bits per heavy atom. The lowest BCUT2D eigenvalue weighted by molar-refractivity contribution is -0.143. The summed E-state index contributed by atoms with van der Waals surface area (Å²) in [6, 6.07) is 0. The predicted molar refractivity (Wildman–Crippen MR) is 69.3 cm³/mol. The molecule has 0 spiro atoms. The van der Waals surface area contributed by atoms with Crippen LogP contribution in [-0.2, 0) is 4.74 Å². The fraction of sp³-hybridized carbons (Fsp3) is 0.333. The first kappa shape index (κ1) is 25.5. The molecule has 0 bridgehead atoms. The second kappa shape index (κ2) is 7.86. The zero-order valence-corrected chi connectivity index (χ0v) is 13.6. The highest BCUT2D eigenvalue weighted by molar-refractivity contribution is 6.22. The van der Waals surface area contributed by atoms with Gasteiger partial charge in [-0.1, -0.05) is 13.2 Å². The van der Waals surface area contributed by atoms with Crippen LogP contribution >= 0.6 is 23.2 Å². The van der Waals surface area contributed by atoms with Crippen LogP contribution in [0.15, 0.2) is 48.0 Å². The van der Waals surface area contributed by atoms with Crippen molar-refractivity contribution in [1.29, 1.82) is 0 Å². The zero-order valence-electron chi connectivity index (χ0n) is 12.1. The van der Waals surface area contributed by atoms with Gasteiger partial charge in [-0.3, -0.25) is 0 Å². The molecule has 0 aliphatic rings. The molecule has 0 unspecified atom stereocenters. The van der Waals surface area contributed by atoms with E-state index in [4.69, 9.17) is 0 Å². The average molecular weight is 463 g/mol. The van der Waals surface area contributed by atoms with E-state index in [-0.39, 0.29) is 0 Å². The molecule has 0 atom stereocenters. The van der Waals surface area contributed by atoms with E-state index in [1.165, 1.54) is 0 Å². The summed E-state index contributed by atoms with van der Waals surface area (Å²) in [4.78, 5) is 0. The van der Waals surface area contributed by atoms with Crippen molar-refractivity contribution in [2.75, 3.05) is 0 Å². The van der Waals surface area contributed by atoms with E-state index < -0.39 is 57.4 Å². The van der Waals surface area contributed by atoms with Crippen LogP contribution in [0.25, 0.3) is 0 Å². The summed E-state index contributed by atoms with van der Waals surface area (Å²) in [7, 11) is 0. The van der Waals surface area contributed by atoms with E-state index >= 15 is 0 Å². The van der Waals surface area contributed by atoms with Crippen LogP contribution < -0.4 is 0 Å². The fourth-order valence-electron chi connectivity index (χ4n) is 1.01. The Balaban J connectivity index is 5.75. The number of halogens is 14. The summed E-state index contributed by atoms with van der Waals surface area (Å²) >= 11 is 7.73. The molecule has 1 nitrogen and oxygen atoms in total. The lowest BCUT2D eigenvalue weighted by Gasteiger charge is -2.21. The van der Waals surface area contributed by atoms with E-state index in [9.17, 15) is 52.7 Å². The Morgan fingerprint density at radius 3 is 1.00 bits per heavy atom. The zero-order chi connectivity index (χ0) is 22.2. The lowest BCUT2D eigenvalue weighted by atomic mass is 10.2. The molecule has 0 aliphatic heterocycles. The number of allylic oxidation sites excluding steroid dienone is 4. The van der Waals surface area contributed by atoms with Crippen molar-refractivity contribution in [3.05, 3.63) is 48.0 Å². The quantitative estimate of drug-likeness (QED) is 0.159.